The van der Waals surface area contributed by atoms with E-state index in [1.54, 1.807) is 11.0 Å². The number of hydrogen-bond donors (Lipinski definition) is 1. The van der Waals surface area contributed by atoms with E-state index in [1.165, 1.54) is 10.5 Å². The van der Waals surface area contributed by atoms with Crippen LogP contribution in [0.4, 0.5) is 13.2 Å². The quantitative estimate of drug-likeness (QED) is 0.901. The number of amides is 1. The molecule has 0 radical (unpaired) electrons. The van der Waals surface area contributed by atoms with Crippen LogP contribution in [-0.2, 0) is 13.1 Å². The predicted octanol–water partition coefficient (Wildman–Crippen LogP) is 1.61. The molecule has 1 amide bonds. The number of nitrogens with zero attached hydrogens (tertiary/aromatic N) is 2. The minimum absolute atomic E-state index is 0.0960. The van der Waals surface area contributed by atoms with Crippen LogP contribution in [0, 0.1) is 0 Å². The van der Waals surface area contributed by atoms with Crippen molar-refractivity contribution in [2.45, 2.75) is 19.3 Å². The van der Waals surface area contributed by atoms with Crippen LogP contribution in [-0.4, -0.2) is 54.6 Å². The third-order valence-electron chi connectivity index (χ3n) is 4.15. The molecule has 0 saturated carbocycles. The van der Waals surface area contributed by atoms with Crippen molar-refractivity contribution in [3.63, 3.8) is 0 Å². The summed E-state index contributed by atoms with van der Waals surface area (Å²) in [6.07, 6.45) is -4.18. The maximum atomic E-state index is 12.5. The Kier molecular flexibility index (Phi) is 4.10. The summed E-state index contributed by atoms with van der Waals surface area (Å²) in [5.41, 5.74) is 2.94. The Labute approximate surface area is 126 Å². The van der Waals surface area contributed by atoms with E-state index in [9.17, 15) is 18.0 Å². The number of piperazine rings is 1. The Bertz CT molecular complexity index is 566. The van der Waals surface area contributed by atoms with Crippen molar-refractivity contribution in [2.24, 2.45) is 0 Å². The fourth-order valence-corrected chi connectivity index (χ4v) is 2.97. The summed E-state index contributed by atoms with van der Waals surface area (Å²) in [6.45, 7) is 1.87. The summed E-state index contributed by atoms with van der Waals surface area (Å²) in [4.78, 5) is 15.4. The van der Waals surface area contributed by atoms with Gasteiger partial charge in [-0.15, -0.1) is 0 Å². The lowest BCUT2D eigenvalue weighted by molar-refractivity contribution is -0.148. The van der Waals surface area contributed by atoms with Gasteiger partial charge in [0.15, 0.2) is 0 Å². The van der Waals surface area contributed by atoms with Gasteiger partial charge in [0, 0.05) is 44.8 Å². The number of hydrogen-bond acceptors (Lipinski definition) is 3. The van der Waals surface area contributed by atoms with Crippen molar-refractivity contribution < 1.29 is 18.0 Å². The Morgan fingerprint density at radius 2 is 1.77 bits per heavy atom. The molecule has 0 aromatic heterocycles. The van der Waals surface area contributed by atoms with E-state index in [2.05, 4.69) is 5.32 Å². The van der Waals surface area contributed by atoms with Crippen molar-refractivity contribution in [2.75, 3.05) is 32.7 Å². The first kappa shape index (κ1) is 15.3. The average Bonchev–Trinajstić information content (AvgIpc) is 2.93. The second-order valence-electron chi connectivity index (χ2n) is 5.77. The summed E-state index contributed by atoms with van der Waals surface area (Å²) < 4.78 is 37.1. The Hall–Kier alpha value is -1.60. The minimum atomic E-state index is -4.18. The summed E-state index contributed by atoms with van der Waals surface area (Å²) in [5, 5.41) is 3.22. The lowest BCUT2D eigenvalue weighted by Gasteiger charge is -2.35. The predicted molar refractivity (Wildman–Crippen MR) is 75.4 cm³/mol. The van der Waals surface area contributed by atoms with Gasteiger partial charge in [0.2, 0.25) is 0 Å². The first-order chi connectivity index (χ1) is 10.4. The van der Waals surface area contributed by atoms with E-state index in [1.807, 2.05) is 12.1 Å². The normalized spacial score (nSPS) is 19.3. The first-order valence-corrected chi connectivity index (χ1v) is 7.33. The van der Waals surface area contributed by atoms with E-state index in [0.717, 1.165) is 18.7 Å². The molecule has 0 spiro atoms. The van der Waals surface area contributed by atoms with Crippen LogP contribution >= 0.6 is 0 Å². The molecule has 120 valence electrons. The van der Waals surface area contributed by atoms with E-state index in [4.69, 9.17) is 0 Å². The van der Waals surface area contributed by atoms with E-state index >= 15 is 0 Å². The fourth-order valence-electron chi connectivity index (χ4n) is 2.97. The number of carbonyl (C=O) groups is 1. The van der Waals surface area contributed by atoms with Crippen LogP contribution < -0.4 is 5.32 Å². The molecule has 4 nitrogen and oxygen atoms in total. The van der Waals surface area contributed by atoms with Crippen LogP contribution in [0.2, 0.25) is 0 Å². The summed E-state index contributed by atoms with van der Waals surface area (Å²) in [7, 11) is 0. The van der Waals surface area contributed by atoms with Gasteiger partial charge in [-0.1, -0.05) is 6.07 Å². The van der Waals surface area contributed by atoms with Crippen LogP contribution in [0.15, 0.2) is 18.2 Å². The van der Waals surface area contributed by atoms with Crippen molar-refractivity contribution in [3.05, 3.63) is 34.9 Å². The lowest BCUT2D eigenvalue weighted by atomic mass is 10.1. The zero-order chi connectivity index (χ0) is 15.7. The minimum Gasteiger partial charge on any atom is -0.336 e. The third-order valence-corrected chi connectivity index (χ3v) is 4.15. The van der Waals surface area contributed by atoms with Crippen LogP contribution in [0.1, 0.15) is 21.5 Å². The van der Waals surface area contributed by atoms with Gasteiger partial charge in [0.1, 0.15) is 0 Å². The van der Waals surface area contributed by atoms with Crippen molar-refractivity contribution in [3.8, 4) is 0 Å². The van der Waals surface area contributed by atoms with Gasteiger partial charge < -0.3 is 10.2 Å². The summed E-state index contributed by atoms with van der Waals surface area (Å²) >= 11 is 0. The molecular formula is C15H18F3N3O. The zero-order valence-electron chi connectivity index (χ0n) is 12.1. The Morgan fingerprint density at radius 1 is 1.09 bits per heavy atom. The van der Waals surface area contributed by atoms with Crippen LogP contribution in [0.5, 0.6) is 0 Å². The molecule has 0 atom stereocenters. The molecule has 1 saturated heterocycles. The highest BCUT2D eigenvalue weighted by atomic mass is 19.4. The van der Waals surface area contributed by atoms with Gasteiger partial charge in [-0.3, -0.25) is 9.69 Å². The van der Waals surface area contributed by atoms with Crippen LogP contribution in [0.25, 0.3) is 0 Å². The topological polar surface area (TPSA) is 35.6 Å². The molecular weight excluding hydrogens is 295 g/mol. The number of rotatable bonds is 2. The third kappa shape index (κ3) is 3.41. The van der Waals surface area contributed by atoms with Crippen molar-refractivity contribution in [1.82, 2.24) is 15.1 Å². The maximum Gasteiger partial charge on any atom is 0.401 e. The molecule has 7 heteroatoms. The van der Waals surface area contributed by atoms with Crippen LogP contribution in [0.3, 0.4) is 0 Å². The summed E-state index contributed by atoms with van der Waals surface area (Å²) in [5.74, 6) is -0.0960. The second kappa shape index (κ2) is 5.89. The Balaban J connectivity index is 1.60. The van der Waals surface area contributed by atoms with Gasteiger partial charge in [-0.25, -0.2) is 0 Å². The number of halogens is 3. The number of nitrogens with one attached hydrogen (secondary N) is 1. The maximum absolute atomic E-state index is 12.5. The second-order valence-corrected chi connectivity index (χ2v) is 5.77. The molecule has 2 heterocycles. The van der Waals surface area contributed by atoms with E-state index in [0.29, 0.717) is 18.7 Å². The van der Waals surface area contributed by atoms with Gasteiger partial charge in [0.05, 0.1) is 6.54 Å². The van der Waals surface area contributed by atoms with Gasteiger partial charge in [-0.05, 0) is 23.3 Å². The molecule has 1 N–H and O–H groups in total. The SMILES string of the molecule is O=C(c1ccc2c(c1)CNC2)N1CCN(CC(F)(F)F)CC1. The van der Waals surface area contributed by atoms with E-state index in [-0.39, 0.29) is 19.0 Å². The smallest absolute Gasteiger partial charge is 0.336 e. The van der Waals surface area contributed by atoms with Gasteiger partial charge in [-0.2, -0.15) is 13.2 Å². The summed E-state index contributed by atoms with van der Waals surface area (Å²) in [6, 6.07) is 5.64. The highest BCUT2D eigenvalue weighted by molar-refractivity contribution is 5.94. The number of benzene rings is 1. The molecule has 1 aromatic rings. The highest BCUT2D eigenvalue weighted by Gasteiger charge is 2.33. The van der Waals surface area contributed by atoms with Gasteiger partial charge in [0.25, 0.3) is 5.91 Å². The molecule has 1 fully saturated rings. The molecule has 2 aliphatic heterocycles. The molecule has 3 rings (SSSR count). The molecule has 0 aliphatic carbocycles. The fraction of sp³-hybridized carbons (Fsp3) is 0.533. The van der Waals surface area contributed by atoms with Crippen molar-refractivity contribution in [1.29, 1.82) is 0 Å². The number of carbonyl (C=O) groups excluding carboxylic acids is 1. The van der Waals surface area contributed by atoms with Crippen molar-refractivity contribution >= 4 is 5.91 Å². The number of alkyl halides is 3. The highest BCUT2D eigenvalue weighted by Crippen LogP contribution is 2.20. The standard InChI is InChI=1S/C15H18F3N3O/c16-15(17,18)10-20-3-5-21(6-4-20)14(22)11-1-2-12-8-19-9-13(12)7-11/h1-2,7,19H,3-6,8-10H2. The monoisotopic (exact) mass is 313 g/mol. The molecule has 0 bridgehead atoms. The molecule has 2 aliphatic rings. The Morgan fingerprint density at radius 3 is 2.45 bits per heavy atom. The number of fused-ring (bicyclic) bond motifs is 1. The van der Waals surface area contributed by atoms with E-state index < -0.39 is 12.7 Å². The van der Waals surface area contributed by atoms with Gasteiger partial charge >= 0.3 is 6.18 Å². The molecule has 0 unspecified atom stereocenters. The molecule has 22 heavy (non-hydrogen) atoms. The zero-order valence-corrected chi connectivity index (χ0v) is 12.1. The molecule has 1 aromatic carbocycles. The largest absolute Gasteiger partial charge is 0.401 e. The lowest BCUT2D eigenvalue weighted by Crippen LogP contribution is -2.50. The first-order valence-electron chi connectivity index (χ1n) is 7.33. The average molecular weight is 313 g/mol.